The number of carboxylic acids is 1. The average Bonchev–Trinajstić information content (AvgIpc) is 2.88. The minimum Gasteiger partial charge on any atom is -0.508 e. The van der Waals surface area contributed by atoms with Crippen molar-refractivity contribution in [3.63, 3.8) is 0 Å². The Bertz CT molecular complexity index is 1270. The lowest BCUT2D eigenvalue weighted by molar-refractivity contribution is -0.141. The number of ether oxygens (including phenoxy) is 1. The number of phenols is 1. The Kier molecular flexibility index (Phi) is 7.62. The Morgan fingerprint density at radius 2 is 1.53 bits per heavy atom. The number of benzene rings is 2. The molecular weight excluding hydrogens is 527 g/mol. The molecule has 2 aliphatic rings. The monoisotopic (exact) mass is 555 g/mol. The second kappa shape index (κ2) is 10.4. The summed E-state index contributed by atoms with van der Waals surface area (Å²) in [5.41, 5.74) is -0.280. The molecule has 0 bridgehead atoms. The number of likely N-dealkylation sites (tertiary alicyclic amines) is 1. The number of nitrogens with one attached hydrogen (secondary N) is 1. The van der Waals surface area contributed by atoms with Crippen LogP contribution in [0.5, 0.6) is 11.5 Å². The van der Waals surface area contributed by atoms with Crippen molar-refractivity contribution in [2.45, 2.75) is 42.7 Å². The minimum absolute atomic E-state index is 0.0235. The molecule has 0 spiro atoms. The maximum atomic E-state index is 13.6. The van der Waals surface area contributed by atoms with Crippen LogP contribution in [-0.4, -0.2) is 76.7 Å². The Morgan fingerprint density at radius 3 is 2.03 bits per heavy atom. The third kappa shape index (κ3) is 5.44. The van der Waals surface area contributed by atoms with Crippen molar-refractivity contribution < 1.29 is 41.3 Å². The van der Waals surface area contributed by atoms with Crippen molar-refractivity contribution in [3.8, 4) is 11.5 Å². The SMILES string of the molecule is N=C(c1ccc(O)cc1)N1CCC(C(=O)O)(S(=O)(=O)N2CCC(Oc3ccc(C(F)(F)F)cc3)CC2)CC1. The van der Waals surface area contributed by atoms with Gasteiger partial charge in [0.1, 0.15) is 23.4 Å². The van der Waals surface area contributed by atoms with Crippen LogP contribution in [0.3, 0.4) is 0 Å². The van der Waals surface area contributed by atoms with Crippen LogP contribution in [0.25, 0.3) is 0 Å². The maximum Gasteiger partial charge on any atom is 0.416 e. The summed E-state index contributed by atoms with van der Waals surface area (Å²) in [7, 11) is -4.26. The number of hydrogen-bond donors (Lipinski definition) is 3. The van der Waals surface area contributed by atoms with Crippen LogP contribution in [0.2, 0.25) is 0 Å². The molecule has 3 N–H and O–H groups in total. The van der Waals surface area contributed by atoms with Gasteiger partial charge in [-0.25, -0.2) is 12.7 Å². The molecule has 0 aromatic heterocycles. The van der Waals surface area contributed by atoms with Crippen molar-refractivity contribution in [3.05, 3.63) is 59.7 Å². The van der Waals surface area contributed by atoms with E-state index in [-0.39, 0.29) is 69.2 Å². The molecule has 2 saturated heterocycles. The van der Waals surface area contributed by atoms with Crippen LogP contribution in [0.15, 0.2) is 48.5 Å². The van der Waals surface area contributed by atoms with E-state index in [0.29, 0.717) is 5.56 Å². The predicted molar refractivity (Wildman–Crippen MR) is 132 cm³/mol. The highest BCUT2D eigenvalue weighted by molar-refractivity contribution is 7.91. The van der Waals surface area contributed by atoms with Crippen molar-refractivity contribution >= 4 is 21.8 Å². The topological polar surface area (TPSA) is 131 Å². The van der Waals surface area contributed by atoms with E-state index in [2.05, 4.69) is 0 Å². The van der Waals surface area contributed by atoms with Crippen LogP contribution >= 0.6 is 0 Å². The van der Waals surface area contributed by atoms with E-state index in [9.17, 15) is 36.6 Å². The molecule has 206 valence electrons. The van der Waals surface area contributed by atoms with Gasteiger partial charge in [-0.1, -0.05) is 0 Å². The fraction of sp³-hybridized carbons (Fsp3) is 0.440. The van der Waals surface area contributed by atoms with Gasteiger partial charge in [0.15, 0.2) is 4.75 Å². The van der Waals surface area contributed by atoms with Gasteiger partial charge in [-0.15, -0.1) is 0 Å². The van der Waals surface area contributed by atoms with Crippen LogP contribution < -0.4 is 4.74 Å². The summed E-state index contributed by atoms with van der Waals surface area (Å²) in [6.45, 7) is 0.156. The number of piperidine rings is 2. The average molecular weight is 556 g/mol. The van der Waals surface area contributed by atoms with Gasteiger partial charge in [0.25, 0.3) is 0 Å². The minimum atomic E-state index is -4.46. The Balaban J connectivity index is 1.39. The van der Waals surface area contributed by atoms with Crippen molar-refractivity contribution in [2.24, 2.45) is 0 Å². The standard InChI is InChI=1S/C25H28F3N3O6S/c26-25(27,28)18-3-7-20(8-4-18)37-21-9-13-31(14-10-21)38(35,36)24(23(33)34)11-15-30(16-12-24)22(29)17-1-5-19(32)6-2-17/h1-8,21,29,32H,9-16H2,(H,33,34). The van der Waals surface area contributed by atoms with Gasteiger partial charge in [-0.05, 0) is 74.2 Å². The first-order chi connectivity index (χ1) is 17.8. The second-order valence-corrected chi connectivity index (χ2v) is 11.7. The second-order valence-electron chi connectivity index (χ2n) is 9.43. The fourth-order valence-electron chi connectivity index (χ4n) is 4.83. The molecule has 0 aliphatic carbocycles. The van der Waals surface area contributed by atoms with Gasteiger partial charge in [0.05, 0.1) is 5.56 Å². The van der Waals surface area contributed by atoms with E-state index in [1.165, 1.54) is 24.3 Å². The van der Waals surface area contributed by atoms with E-state index in [0.717, 1.165) is 16.4 Å². The highest BCUT2D eigenvalue weighted by atomic mass is 32.2. The van der Waals surface area contributed by atoms with Gasteiger partial charge in [-0.3, -0.25) is 10.2 Å². The zero-order valence-electron chi connectivity index (χ0n) is 20.3. The first kappa shape index (κ1) is 27.7. The number of sulfonamides is 1. The Labute approximate surface area is 218 Å². The molecule has 2 aliphatic heterocycles. The molecule has 0 unspecified atom stereocenters. The molecule has 4 rings (SSSR count). The van der Waals surface area contributed by atoms with Crippen LogP contribution in [0, 0.1) is 5.41 Å². The lowest BCUT2D eigenvalue weighted by atomic mass is 9.95. The summed E-state index contributed by atoms with van der Waals surface area (Å²) in [6.07, 6.45) is -4.77. The molecule has 38 heavy (non-hydrogen) atoms. The zero-order valence-corrected chi connectivity index (χ0v) is 21.1. The third-order valence-corrected chi connectivity index (χ3v) is 9.75. The number of rotatable bonds is 6. The summed E-state index contributed by atoms with van der Waals surface area (Å²) in [6, 6.07) is 10.3. The number of carbonyl (C=O) groups is 1. The van der Waals surface area contributed by atoms with Gasteiger partial charge in [0.2, 0.25) is 10.0 Å². The van der Waals surface area contributed by atoms with Crippen LogP contribution in [0.4, 0.5) is 13.2 Å². The Hall–Kier alpha value is -3.32. The summed E-state index contributed by atoms with van der Waals surface area (Å²) < 4.78 is 70.3. The molecule has 0 radical (unpaired) electrons. The molecule has 0 saturated carbocycles. The summed E-state index contributed by atoms with van der Waals surface area (Å²) in [5.74, 6) is -1.03. The summed E-state index contributed by atoms with van der Waals surface area (Å²) in [4.78, 5) is 14.0. The number of aliphatic carboxylic acids is 1. The van der Waals surface area contributed by atoms with E-state index in [4.69, 9.17) is 10.1 Å². The van der Waals surface area contributed by atoms with E-state index < -0.39 is 38.6 Å². The number of halogens is 3. The number of amidine groups is 1. The molecule has 0 amide bonds. The smallest absolute Gasteiger partial charge is 0.416 e. The quantitative estimate of drug-likeness (QED) is 0.367. The highest BCUT2D eigenvalue weighted by Gasteiger charge is 2.55. The van der Waals surface area contributed by atoms with E-state index >= 15 is 0 Å². The molecule has 2 aromatic carbocycles. The summed E-state index contributed by atoms with van der Waals surface area (Å²) in [5, 5.41) is 27.9. The number of alkyl halides is 3. The van der Waals surface area contributed by atoms with Crippen molar-refractivity contribution in [1.29, 1.82) is 5.41 Å². The predicted octanol–water partition coefficient (Wildman–Crippen LogP) is 3.53. The number of phenolic OH excluding ortho intramolecular Hbond substituents is 1. The molecule has 13 heteroatoms. The molecule has 0 atom stereocenters. The fourth-order valence-corrected chi connectivity index (χ4v) is 6.93. The van der Waals surface area contributed by atoms with Gasteiger partial charge in [-0.2, -0.15) is 13.2 Å². The number of carboxylic acid groups (broad SMARTS) is 1. The summed E-state index contributed by atoms with van der Waals surface area (Å²) >= 11 is 0. The van der Waals surface area contributed by atoms with Crippen molar-refractivity contribution in [2.75, 3.05) is 26.2 Å². The highest BCUT2D eigenvalue weighted by Crippen LogP contribution is 2.36. The largest absolute Gasteiger partial charge is 0.508 e. The van der Waals surface area contributed by atoms with Crippen LogP contribution in [0.1, 0.15) is 36.8 Å². The lowest BCUT2D eigenvalue weighted by Crippen LogP contribution is -2.60. The molecular formula is C25H28F3N3O6S. The van der Waals surface area contributed by atoms with E-state index in [1.54, 1.807) is 17.0 Å². The normalized spacial score (nSPS) is 19.2. The lowest BCUT2D eigenvalue weighted by Gasteiger charge is -2.42. The third-order valence-electron chi connectivity index (χ3n) is 7.14. The molecule has 9 nitrogen and oxygen atoms in total. The molecule has 2 fully saturated rings. The maximum absolute atomic E-state index is 13.6. The van der Waals surface area contributed by atoms with Gasteiger partial charge < -0.3 is 19.8 Å². The van der Waals surface area contributed by atoms with Crippen molar-refractivity contribution in [1.82, 2.24) is 9.21 Å². The first-order valence-corrected chi connectivity index (χ1v) is 13.5. The molecule has 2 heterocycles. The van der Waals surface area contributed by atoms with Gasteiger partial charge in [0, 0.05) is 31.7 Å². The molecule has 2 aromatic rings. The zero-order chi connectivity index (χ0) is 27.7. The van der Waals surface area contributed by atoms with Crippen LogP contribution in [-0.2, 0) is 21.0 Å². The number of nitrogens with zero attached hydrogens (tertiary/aromatic N) is 2. The van der Waals surface area contributed by atoms with E-state index in [1.807, 2.05) is 0 Å². The Morgan fingerprint density at radius 1 is 0.974 bits per heavy atom. The van der Waals surface area contributed by atoms with Gasteiger partial charge >= 0.3 is 12.1 Å². The first-order valence-electron chi connectivity index (χ1n) is 12.0. The number of hydrogen-bond acceptors (Lipinski definition) is 6. The number of aromatic hydroxyl groups is 1.